The van der Waals surface area contributed by atoms with Crippen molar-refractivity contribution >= 4 is 23.2 Å². The number of amides is 1. The number of thiophene rings is 1. The molecule has 0 radical (unpaired) electrons. The number of benzene rings is 1. The van der Waals surface area contributed by atoms with Gasteiger partial charge in [0.15, 0.2) is 11.5 Å². The minimum absolute atomic E-state index is 0.330. The van der Waals surface area contributed by atoms with Crippen LogP contribution in [0.5, 0.6) is 11.5 Å². The molecule has 1 N–H and O–H groups in total. The third-order valence-corrected chi connectivity index (χ3v) is 4.18. The van der Waals surface area contributed by atoms with Crippen molar-refractivity contribution in [2.45, 2.75) is 19.4 Å². The molecule has 1 amide bonds. The lowest BCUT2D eigenvalue weighted by atomic mass is 10.0. The lowest BCUT2D eigenvalue weighted by molar-refractivity contribution is -0.306. The highest BCUT2D eigenvalue weighted by Crippen LogP contribution is 2.31. The van der Waals surface area contributed by atoms with E-state index in [0.29, 0.717) is 28.5 Å². The van der Waals surface area contributed by atoms with Gasteiger partial charge in [0.1, 0.15) is 0 Å². The van der Waals surface area contributed by atoms with Crippen molar-refractivity contribution in [3.63, 3.8) is 0 Å². The summed E-state index contributed by atoms with van der Waals surface area (Å²) in [5.41, 5.74) is 0.601. The number of hydrogen-bond acceptors (Lipinski definition) is 6. The van der Waals surface area contributed by atoms with E-state index in [2.05, 4.69) is 5.32 Å². The molecular formula is C17H18NO5S-. The average Bonchev–Trinajstić information content (AvgIpc) is 3.09. The first-order chi connectivity index (χ1) is 11.5. The van der Waals surface area contributed by atoms with Crippen LogP contribution in [0.1, 0.15) is 34.6 Å². The highest BCUT2D eigenvalue weighted by molar-refractivity contribution is 7.12. The van der Waals surface area contributed by atoms with Gasteiger partial charge in [-0.15, -0.1) is 11.3 Å². The van der Waals surface area contributed by atoms with Gasteiger partial charge in [0.05, 0.1) is 24.6 Å². The number of carbonyl (C=O) groups excluding carboxylic acids is 2. The number of hydrogen-bond donors (Lipinski definition) is 1. The van der Waals surface area contributed by atoms with Gasteiger partial charge in [-0.1, -0.05) is 12.1 Å². The molecule has 1 aromatic carbocycles. The number of nitrogens with one attached hydrogen (secondary N) is 1. The van der Waals surface area contributed by atoms with Crippen LogP contribution in [0, 0.1) is 0 Å². The SMILES string of the molecule is CCOc1ccc([C@@H](CC(=O)[O-])NC(=O)c2cccs2)cc1OC. The van der Waals surface area contributed by atoms with Crippen molar-refractivity contribution in [3.05, 3.63) is 46.2 Å². The Hall–Kier alpha value is -2.54. The summed E-state index contributed by atoms with van der Waals surface area (Å²) in [5, 5.41) is 15.6. The molecule has 6 nitrogen and oxygen atoms in total. The van der Waals surface area contributed by atoms with Crippen molar-refractivity contribution in [2.24, 2.45) is 0 Å². The molecule has 2 rings (SSSR count). The lowest BCUT2D eigenvalue weighted by Gasteiger charge is -2.21. The van der Waals surface area contributed by atoms with Crippen LogP contribution in [0.2, 0.25) is 0 Å². The molecule has 0 spiro atoms. The second-order valence-electron chi connectivity index (χ2n) is 4.92. The van der Waals surface area contributed by atoms with Gasteiger partial charge in [-0.2, -0.15) is 0 Å². The van der Waals surface area contributed by atoms with E-state index in [4.69, 9.17) is 9.47 Å². The first kappa shape index (κ1) is 17.8. The van der Waals surface area contributed by atoms with E-state index < -0.39 is 12.0 Å². The maximum atomic E-state index is 12.2. The molecule has 0 saturated heterocycles. The van der Waals surface area contributed by atoms with Gasteiger partial charge in [0.2, 0.25) is 0 Å². The predicted molar refractivity (Wildman–Crippen MR) is 88.3 cm³/mol. The summed E-state index contributed by atoms with van der Waals surface area (Å²) >= 11 is 1.28. The maximum Gasteiger partial charge on any atom is 0.261 e. The van der Waals surface area contributed by atoms with Gasteiger partial charge < -0.3 is 24.7 Å². The number of carboxylic acids is 1. The summed E-state index contributed by atoms with van der Waals surface area (Å²) in [4.78, 5) is 23.8. The Morgan fingerprint density at radius 2 is 2.08 bits per heavy atom. The topological polar surface area (TPSA) is 87.7 Å². The largest absolute Gasteiger partial charge is 0.550 e. The third-order valence-electron chi connectivity index (χ3n) is 3.31. The summed E-state index contributed by atoms with van der Waals surface area (Å²) in [7, 11) is 1.50. The van der Waals surface area contributed by atoms with Gasteiger partial charge >= 0.3 is 0 Å². The number of carbonyl (C=O) groups is 2. The number of methoxy groups -OCH3 is 1. The molecule has 1 heterocycles. The van der Waals surface area contributed by atoms with Crippen molar-refractivity contribution in [1.82, 2.24) is 5.32 Å². The number of aliphatic carboxylic acids is 1. The van der Waals surface area contributed by atoms with Gasteiger partial charge in [-0.25, -0.2) is 0 Å². The average molecular weight is 348 g/mol. The first-order valence-electron chi connectivity index (χ1n) is 7.40. The van der Waals surface area contributed by atoms with Crippen LogP contribution >= 0.6 is 11.3 Å². The molecule has 0 bridgehead atoms. The van der Waals surface area contributed by atoms with Crippen molar-refractivity contribution in [3.8, 4) is 11.5 Å². The molecule has 0 fully saturated rings. The fourth-order valence-electron chi connectivity index (χ4n) is 2.23. The van der Waals surface area contributed by atoms with E-state index >= 15 is 0 Å². The molecule has 1 atom stereocenters. The molecule has 0 aliphatic heterocycles. The molecule has 0 unspecified atom stereocenters. The molecular weight excluding hydrogens is 330 g/mol. The number of ether oxygens (including phenoxy) is 2. The zero-order valence-corrected chi connectivity index (χ0v) is 14.2. The zero-order chi connectivity index (χ0) is 17.5. The molecule has 1 aromatic heterocycles. The quantitative estimate of drug-likeness (QED) is 0.785. The summed E-state index contributed by atoms with van der Waals surface area (Å²) in [6, 6.07) is 7.76. The van der Waals surface area contributed by atoms with Gasteiger partial charge in [0.25, 0.3) is 5.91 Å². The maximum absolute atomic E-state index is 12.2. The van der Waals surface area contributed by atoms with Crippen LogP contribution in [-0.2, 0) is 4.79 Å². The number of rotatable bonds is 8. The smallest absolute Gasteiger partial charge is 0.261 e. The van der Waals surface area contributed by atoms with E-state index in [1.165, 1.54) is 18.4 Å². The fourth-order valence-corrected chi connectivity index (χ4v) is 2.86. The van der Waals surface area contributed by atoms with Gasteiger partial charge in [-0.05, 0) is 36.1 Å². The highest BCUT2D eigenvalue weighted by Gasteiger charge is 2.18. The molecule has 7 heteroatoms. The second-order valence-corrected chi connectivity index (χ2v) is 5.87. The molecule has 0 saturated carbocycles. The van der Waals surface area contributed by atoms with Crippen molar-refractivity contribution in [1.29, 1.82) is 0 Å². The zero-order valence-electron chi connectivity index (χ0n) is 13.4. The van der Waals surface area contributed by atoms with E-state index in [9.17, 15) is 14.7 Å². The molecule has 0 aliphatic carbocycles. The number of carboxylic acid groups (broad SMARTS) is 1. The normalized spacial score (nSPS) is 11.6. The van der Waals surface area contributed by atoms with E-state index in [1.54, 1.807) is 35.7 Å². The first-order valence-corrected chi connectivity index (χ1v) is 8.28. The minimum Gasteiger partial charge on any atom is -0.550 e. The summed E-state index contributed by atoms with van der Waals surface area (Å²) in [6.07, 6.45) is -0.339. The lowest BCUT2D eigenvalue weighted by Crippen LogP contribution is -2.34. The summed E-state index contributed by atoms with van der Waals surface area (Å²) in [5.74, 6) is -0.549. The Labute approximate surface area is 144 Å². The Morgan fingerprint density at radius 3 is 2.67 bits per heavy atom. The van der Waals surface area contributed by atoms with Crippen LogP contribution in [0.3, 0.4) is 0 Å². The van der Waals surface area contributed by atoms with Crippen LogP contribution in [0.25, 0.3) is 0 Å². The van der Waals surface area contributed by atoms with Gasteiger partial charge in [0, 0.05) is 12.4 Å². The standard InChI is InChI=1S/C17H19NO5S/c1-3-23-13-7-6-11(9-14(13)22-2)12(10-16(19)20)18-17(21)15-5-4-8-24-15/h4-9,12H,3,10H2,1-2H3,(H,18,21)(H,19,20)/p-1/t12-/m1/s1. The summed E-state index contributed by atoms with van der Waals surface area (Å²) < 4.78 is 10.7. The third kappa shape index (κ3) is 4.48. The fraction of sp³-hybridized carbons (Fsp3) is 0.294. The highest BCUT2D eigenvalue weighted by atomic mass is 32.1. The van der Waals surface area contributed by atoms with Crippen LogP contribution in [-0.4, -0.2) is 25.6 Å². The Morgan fingerprint density at radius 1 is 1.29 bits per heavy atom. The Bertz CT molecular complexity index is 699. The monoisotopic (exact) mass is 348 g/mol. The van der Waals surface area contributed by atoms with Gasteiger partial charge in [-0.3, -0.25) is 4.79 Å². The van der Waals surface area contributed by atoms with E-state index in [-0.39, 0.29) is 12.3 Å². The van der Waals surface area contributed by atoms with E-state index in [1.807, 2.05) is 6.92 Å². The van der Waals surface area contributed by atoms with Crippen LogP contribution in [0.15, 0.2) is 35.7 Å². The van der Waals surface area contributed by atoms with E-state index in [0.717, 1.165) is 0 Å². The Kier molecular flexibility index (Phi) is 6.20. The Balaban J connectivity index is 2.26. The molecule has 24 heavy (non-hydrogen) atoms. The van der Waals surface area contributed by atoms with Crippen LogP contribution in [0.4, 0.5) is 0 Å². The van der Waals surface area contributed by atoms with Crippen LogP contribution < -0.4 is 19.9 Å². The summed E-state index contributed by atoms with van der Waals surface area (Å²) in [6.45, 7) is 2.33. The molecule has 2 aromatic rings. The minimum atomic E-state index is -1.25. The molecule has 128 valence electrons. The van der Waals surface area contributed by atoms with Crippen molar-refractivity contribution < 1.29 is 24.2 Å². The second kappa shape index (κ2) is 8.35. The predicted octanol–water partition coefficient (Wildman–Crippen LogP) is 1.77. The van der Waals surface area contributed by atoms with Crippen molar-refractivity contribution in [2.75, 3.05) is 13.7 Å². The molecule has 0 aliphatic rings.